The van der Waals surface area contributed by atoms with Crippen LogP contribution < -0.4 is 11.1 Å². The Labute approximate surface area is 104 Å². The Bertz CT molecular complexity index is 389. The van der Waals surface area contributed by atoms with E-state index in [4.69, 9.17) is 5.73 Å². The topological polar surface area (TPSA) is 50.9 Å². The number of halogens is 3. The summed E-state index contributed by atoms with van der Waals surface area (Å²) >= 11 is 0. The Morgan fingerprint density at radius 2 is 2.11 bits per heavy atom. The Kier molecular flexibility index (Phi) is 3.75. The van der Waals surface area contributed by atoms with Gasteiger partial charge in [-0.05, 0) is 37.4 Å². The SMILES string of the molecule is NCC1CCCC1Nc1ccc(C(F)(F)F)cn1. The van der Waals surface area contributed by atoms with Crippen LogP contribution in [0.3, 0.4) is 0 Å². The van der Waals surface area contributed by atoms with Gasteiger partial charge in [-0.25, -0.2) is 4.98 Å². The summed E-state index contributed by atoms with van der Waals surface area (Å²) in [6, 6.07) is 2.63. The van der Waals surface area contributed by atoms with Crippen molar-refractivity contribution >= 4 is 5.82 Å². The van der Waals surface area contributed by atoms with Crippen molar-refractivity contribution in [1.29, 1.82) is 0 Å². The van der Waals surface area contributed by atoms with Crippen molar-refractivity contribution in [2.75, 3.05) is 11.9 Å². The molecule has 1 aromatic heterocycles. The minimum absolute atomic E-state index is 0.222. The number of pyridine rings is 1. The first-order valence-corrected chi connectivity index (χ1v) is 6.00. The van der Waals surface area contributed by atoms with Gasteiger partial charge >= 0.3 is 6.18 Å². The first-order chi connectivity index (χ1) is 8.50. The Morgan fingerprint density at radius 1 is 1.33 bits per heavy atom. The molecule has 6 heteroatoms. The monoisotopic (exact) mass is 259 g/mol. The molecule has 0 amide bonds. The van der Waals surface area contributed by atoms with Crippen molar-refractivity contribution in [3.63, 3.8) is 0 Å². The lowest BCUT2D eigenvalue weighted by atomic mass is 10.0. The van der Waals surface area contributed by atoms with E-state index in [1.807, 2.05) is 0 Å². The minimum atomic E-state index is -4.33. The van der Waals surface area contributed by atoms with Crippen LogP contribution in [-0.2, 0) is 6.18 Å². The number of nitrogens with zero attached hydrogens (tertiary/aromatic N) is 1. The number of hydrogen-bond acceptors (Lipinski definition) is 3. The Balaban J connectivity index is 2.02. The zero-order valence-corrected chi connectivity index (χ0v) is 9.87. The van der Waals surface area contributed by atoms with Crippen LogP contribution in [0.4, 0.5) is 19.0 Å². The number of nitrogens with one attached hydrogen (secondary N) is 1. The number of rotatable bonds is 3. The molecule has 0 radical (unpaired) electrons. The molecule has 0 spiro atoms. The molecule has 1 aromatic rings. The normalized spacial score (nSPS) is 24.2. The standard InChI is InChI=1S/C12H16F3N3/c13-12(14,15)9-4-5-11(17-7-9)18-10-3-1-2-8(10)6-16/h4-5,7-8,10H,1-3,6,16H2,(H,17,18). The molecule has 0 aromatic carbocycles. The van der Waals surface area contributed by atoms with Crippen molar-refractivity contribution < 1.29 is 13.2 Å². The van der Waals surface area contributed by atoms with E-state index < -0.39 is 11.7 Å². The van der Waals surface area contributed by atoms with Crippen molar-refractivity contribution in [3.8, 4) is 0 Å². The molecule has 100 valence electrons. The van der Waals surface area contributed by atoms with Crippen LogP contribution in [-0.4, -0.2) is 17.6 Å². The van der Waals surface area contributed by atoms with E-state index in [2.05, 4.69) is 10.3 Å². The molecular weight excluding hydrogens is 243 g/mol. The van der Waals surface area contributed by atoms with Crippen LogP contribution in [0.25, 0.3) is 0 Å². The molecule has 1 fully saturated rings. The molecule has 2 atom stereocenters. The highest BCUT2D eigenvalue weighted by Crippen LogP contribution is 2.30. The van der Waals surface area contributed by atoms with Crippen molar-refractivity contribution in [3.05, 3.63) is 23.9 Å². The number of alkyl halides is 3. The van der Waals surface area contributed by atoms with E-state index in [9.17, 15) is 13.2 Å². The number of hydrogen-bond donors (Lipinski definition) is 2. The third kappa shape index (κ3) is 2.93. The molecule has 1 aliphatic carbocycles. The van der Waals surface area contributed by atoms with Crippen LogP contribution >= 0.6 is 0 Å². The fourth-order valence-electron chi connectivity index (χ4n) is 2.35. The Hall–Kier alpha value is -1.30. The van der Waals surface area contributed by atoms with Gasteiger partial charge in [0.1, 0.15) is 5.82 Å². The van der Waals surface area contributed by atoms with E-state index in [1.54, 1.807) is 0 Å². The van der Waals surface area contributed by atoms with Gasteiger partial charge in [0.05, 0.1) is 5.56 Å². The summed E-state index contributed by atoms with van der Waals surface area (Å²) in [5.74, 6) is 0.863. The maximum Gasteiger partial charge on any atom is 0.417 e. The van der Waals surface area contributed by atoms with Gasteiger partial charge in [-0.2, -0.15) is 13.2 Å². The fraction of sp³-hybridized carbons (Fsp3) is 0.583. The average molecular weight is 259 g/mol. The minimum Gasteiger partial charge on any atom is -0.367 e. The van der Waals surface area contributed by atoms with Crippen LogP contribution in [0.2, 0.25) is 0 Å². The first-order valence-electron chi connectivity index (χ1n) is 6.00. The maximum absolute atomic E-state index is 12.4. The van der Waals surface area contributed by atoms with Crippen molar-refractivity contribution in [2.45, 2.75) is 31.5 Å². The smallest absolute Gasteiger partial charge is 0.367 e. The third-order valence-electron chi connectivity index (χ3n) is 3.39. The predicted molar refractivity (Wildman–Crippen MR) is 63.0 cm³/mol. The zero-order valence-electron chi connectivity index (χ0n) is 9.87. The molecule has 2 unspecified atom stereocenters. The fourth-order valence-corrected chi connectivity index (χ4v) is 2.35. The molecular formula is C12H16F3N3. The van der Waals surface area contributed by atoms with Gasteiger partial charge in [0.25, 0.3) is 0 Å². The number of aromatic nitrogens is 1. The van der Waals surface area contributed by atoms with E-state index in [-0.39, 0.29) is 6.04 Å². The van der Waals surface area contributed by atoms with Gasteiger partial charge in [0.2, 0.25) is 0 Å². The predicted octanol–water partition coefficient (Wildman–Crippen LogP) is 2.64. The number of anilines is 1. The van der Waals surface area contributed by atoms with Crippen LogP contribution in [0.1, 0.15) is 24.8 Å². The first kappa shape index (κ1) is 13.1. The van der Waals surface area contributed by atoms with E-state index in [1.165, 1.54) is 6.07 Å². The highest BCUT2D eigenvalue weighted by Gasteiger charge is 2.31. The second-order valence-electron chi connectivity index (χ2n) is 4.61. The molecule has 0 saturated heterocycles. The molecule has 0 aliphatic heterocycles. The van der Waals surface area contributed by atoms with Crippen molar-refractivity contribution in [2.24, 2.45) is 11.7 Å². The highest BCUT2D eigenvalue weighted by atomic mass is 19.4. The van der Waals surface area contributed by atoms with Crippen LogP contribution in [0, 0.1) is 5.92 Å². The molecule has 1 saturated carbocycles. The van der Waals surface area contributed by atoms with Crippen molar-refractivity contribution in [1.82, 2.24) is 4.98 Å². The summed E-state index contributed by atoms with van der Waals surface area (Å²) < 4.78 is 37.1. The molecule has 1 heterocycles. The molecule has 3 N–H and O–H groups in total. The lowest BCUT2D eigenvalue weighted by molar-refractivity contribution is -0.137. The van der Waals surface area contributed by atoms with Gasteiger partial charge in [-0.15, -0.1) is 0 Å². The molecule has 0 bridgehead atoms. The van der Waals surface area contributed by atoms with E-state index in [0.717, 1.165) is 31.5 Å². The van der Waals surface area contributed by atoms with Gasteiger partial charge in [0, 0.05) is 12.2 Å². The summed E-state index contributed by atoms with van der Waals surface area (Å²) in [7, 11) is 0. The van der Waals surface area contributed by atoms with Gasteiger partial charge in [0.15, 0.2) is 0 Å². The second-order valence-corrected chi connectivity index (χ2v) is 4.61. The lowest BCUT2D eigenvalue weighted by Crippen LogP contribution is -2.29. The zero-order chi connectivity index (χ0) is 13.2. The second kappa shape index (κ2) is 5.14. The van der Waals surface area contributed by atoms with Crippen LogP contribution in [0.15, 0.2) is 18.3 Å². The third-order valence-corrected chi connectivity index (χ3v) is 3.39. The highest BCUT2D eigenvalue weighted by molar-refractivity contribution is 5.37. The maximum atomic E-state index is 12.4. The summed E-state index contributed by atoms with van der Waals surface area (Å²) in [5, 5.41) is 3.16. The van der Waals surface area contributed by atoms with Gasteiger partial charge in [-0.3, -0.25) is 0 Å². The van der Waals surface area contributed by atoms with Crippen LogP contribution in [0.5, 0.6) is 0 Å². The summed E-state index contributed by atoms with van der Waals surface area (Å²) in [6.45, 7) is 0.596. The summed E-state index contributed by atoms with van der Waals surface area (Å²) in [5.41, 5.74) is 4.92. The van der Waals surface area contributed by atoms with E-state index in [0.29, 0.717) is 18.3 Å². The largest absolute Gasteiger partial charge is 0.417 e. The molecule has 1 aliphatic rings. The quantitative estimate of drug-likeness (QED) is 0.877. The van der Waals surface area contributed by atoms with Gasteiger partial charge in [-0.1, -0.05) is 6.42 Å². The average Bonchev–Trinajstić information content (AvgIpc) is 2.76. The summed E-state index contributed by atoms with van der Waals surface area (Å²) in [6.07, 6.45) is -0.326. The van der Waals surface area contributed by atoms with E-state index >= 15 is 0 Å². The Morgan fingerprint density at radius 3 is 2.67 bits per heavy atom. The van der Waals surface area contributed by atoms with Gasteiger partial charge < -0.3 is 11.1 Å². The molecule has 18 heavy (non-hydrogen) atoms. The molecule has 2 rings (SSSR count). The number of nitrogens with two attached hydrogens (primary N) is 1. The summed E-state index contributed by atoms with van der Waals surface area (Å²) in [4.78, 5) is 3.81. The molecule has 3 nitrogen and oxygen atoms in total. The lowest BCUT2D eigenvalue weighted by Gasteiger charge is -2.20.